The number of hydrogen-bond donors (Lipinski definition) is 1. The molecule has 0 unspecified atom stereocenters. The molecule has 94 valence electrons. The molecule has 3 rings (SSSR count). The molecule has 1 aliphatic rings. The summed E-state index contributed by atoms with van der Waals surface area (Å²) in [5.74, 6) is 0. The summed E-state index contributed by atoms with van der Waals surface area (Å²) in [6.45, 7) is 3.64. The van der Waals surface area contributed by atoms with Gasteiger partial charge in [0.2, 0.25) is 0 Å². The number of benzene rings is 1. The van der Waals surface area contributed by atoms with Crippen molar-refractivity contribution in [2.45, 2.75) is 25.4 Å². The van der Waals surface area contributed by atoms with Crippen LogP contribution in [0.1, 0.15) is 19.8 Å². The zero-order chi connectivity index (χ0) is 12.6. The maximum atomic E-state index is 10.00. The van der Waals surface area contributed by atoms with Crippen molar-refractivity contribution in [2.24, 2.45) is 0 Å². The molecule has 1 saturated heterocycles. The minimum Gasteiger partial charge on any atom is -0.390 e. The third kappa shape index (κ3) is 2.04. The highest BCUT2D eigenvalue weighted by molar-refractivity contribution is 5.90. The Kier molecular flexibility index (Phi) is 2.67. The van der Waals surface area contributed by atoms with Crippen LogP contribution in [-0.4, -0.2) is 34.0 Å². The normalized spacial score (nSPS) is 19.1. The Bertz CT molecular complexity index is 552. The molecule has 2 aromatic rings. The summed E-state index contributed by atoms with van der Waals surface area (Å²) in [7, 11) is 0. The van der Waals surface area contributed by atoms with E-state index in [1.165, 1.54) is 0 Å². The first-order chi connectivity index (χ1) is 8.66. The minimum absolute atomic E-state index is 0.521. The van der Waals surface area contributed by atoms with Crippen LogP contribution in [0.25, 0.3) is 10.9 Å². The number of fused-ring (bicyclic) bond motifs is 1. The van der Waals surface area contributed by atoms with Crippen molar-refractivity contribution in [3.63, 3.8) is 0 Å². The van der Waals surface area contributed by atoms with Gasteiger partial charge in [0, 0.05) is 18.5 Å². The number of piperidine rings is 1. The number of nitrogens with zero attached hydrogens (tertiary/aromatic N) is 3. The van der Waals surface area contributed by atoms with Crippen molar-refractivity contribution in [3.8, 4) is 0 Å². The molecule has 1 N–H and O–H groups in total. The molecule has 0 radical (unpaired) electrons. The van der Waals surface area contributed by atoms with Gasteiger partial charge in [0.05, 0.1) is 23.0 Å². The second kappa shape index (κ2) is 4.21. The quantitative estimate of drug-likeness (QED) is 0.832. The van der Waals surface area contributed by atoms with E-state index in [2.05, 4.69) is 21.2 Å². The van der Waals surface area contributed by atoms with Gasteiger partial charge in [-0.05, 0) is 25.8 Å². The maximum Gasteiger partial charge on any atom is 0.0950 e. The molecule has 0 aliphatic carbocycles. The maximum absolute atomic E-state index is 10.00. The van der Waals surface area contributed by atoms with Crippen molar-refractivity contribution < 1.29 is 5.11 Å². The van der Waals surface area contributed by atoms with E-state index in [1.54, 1.807) is 0 Å². The lowest BCUT2D eigenvalue weighted by molar-refractivity contribution is 0.0352. The Labute approximate surface area is 106 Å². The Morgan fingerprint density at radius 2 is 1.94 bits per heavy atom. The molecule has 4 heteroatoms. The number of hydrogen-bond acceptors (Lipinski definition) is 4. The lowest BCUT2D eigenvalue weighted by Crippen LogP contribution is -2.42. The molecule has 4 nitrogen and oxygen atoms in total. The van der Waals surface area contributed by atoms with E-state index >= 15 is 0 Å². The van der Waals surface area contributed by atoms with Crippen LogP contribution < -0.4 is 4.90 Å². The van der Waals surface area contributed by atoms with Crippen molar-refractivity contribution >= 4 is 16.6 Å². The number of anilines is 1. The van der Waals surface area contributed by atoms with Crippen molar-refractivity contribution in [2.75, 3.05) is 18.0 Å². The molecule has 0 saturated carbocycles. The van der Waals surface area contributed by atoms with Gasteiger partial charge in [-0.15, -0.1) is 0 Å². The molecule has 0 amide bonds. The number of rotatable bonds is 1. The van der Waals surface area contributed by atoms with Crippen molar-refractivity contribution in [3.05, 3.63) is 30.5 Å². The fourth-order valence-electron chi connectivity index (χ4n) is 2.47. The van der Waals surface area contributed by atoms with Crippen LogP contribution in [0.3, 0.4) is 0 Å². The molecule has 18 heavy (non-hydrogen) atoms. The van der Waals surface area contributed by atoms with Gasteiger partial charge in [-0.3, -0.25) is 0 Å². The molecule has 1 aliphatic heterocycles. The standard InChI is InChI=1S/C14H17N3O/c1-14(18)6-8-17(9-7-14)13-10-15-16-12-5-3-2-4-11(12)13/h2-5,10,18H,6-9H2,1H3. The summed E-state index contributed by atoms with van der Waals surface area (Å²) in [6, 6.07) is 8.05. The van der Waals surface area contributed by atoms with E-state index in [-0.39, 0.29) is 0 Å². The fraction of sp³-hybridized carbons (Fsp3) is 0.429. The van der Waals surface area contributed by atoms with Crippen molar-refractivity contribution in [1.82, 2.24) is 10.2 Å². The predicted octanol–water partition coefficient (Wildman–Crippen LogP) is 1.98. The third-order valence-electron chi connectivity index (χ3n) is 3.71. The van der Waals surface area contributed by atoms with Crippen LogP contribution in [0.5, 0.6) is 0 Å². The van der Waals surface area contributed by atoms with E-state index in [9.17, 15) is 5.11 Å². The van der Waals surface area contributed by atoms with E-state index < -0.39 is 5.60 Å². The lowest BCUT2D eigenvalue weighted by Gasteiger charge is -2.37. The first-order valence-corrected chi connectivity index (χ1v) is 6.33. The van der Waals surface area contributed by atoms with Gasteiger partial charge in [-0.25, -0.2) is 0 Å². The summed E-state index contributed by atoms with van der Waals surface area (Å²) in [5.41, 5.74) is 1.52. The van der Waals surface area contributed by atoms with Gasteiger partial charge < -0.3 is 10.0 Å². The largest absolute Gasteiger partial charge is 0.390 e. The van der Waals surface area contributed by atoms with Crippen molar-refractivity contribution in [1.29, 1.82) is 0 Å². The molecule has 2 heterocycles. The molecule has 0 bridgehead atoms. The van der Waals surface area contributed by atoms with Gasteiger partial charge in [0.25, 0.3) is 0 Å². The fourth-order valence-corrected chi connectivity index (χ4v) is 2.47. The molecule has 1 fully saturated rings. The summed E-state index contributed by atoms with van der Waals surface area (Å²) >= 11 is 0. The average Bonchev–Trinajstić information content (AvgIpc) is 2.38. The zero-order valence-electron chi connectivity index (χ0n) is 10.5. The molecular formula is C14H17N3O. The second-order valence-corrected chi connectivity index (χ2v) is 5.23. The summed E-state index contributed by atoms with van der Waals surface area (Å²) in [6.07, 6.45) is 3.41. The SMILES string of the molecule is CC1(O)CCN(c2cnnc3ccccc23)CC1. The van der Waals surface area contributed by atoms with Crippen LogP contribution in [0.15, 0.2) is 30.5 Å². The van der Waals surface area contributed by atoms with E-state index in [4.69, 9.17) is 0 Å². The van der Waals surface area contributed by atoms with Gasteiger partial charge in [-0.2, -0.15) is 10.2 Å². The monoisotopic (exact) mass is 243 g/mol. The van der Waals surface area contributed by atoms with Gasteiger partial charge >= 0.3 is 0 Å². The predicted molar refractivity (Wildman–Crippen MR) is 71.6 cm³/mol. The Balaban J connectivity index is 1.96. The van der Waals surface area contributed by atoms with Gasteiger partial charge in [0.1, 0.15) is 0 Å². The summed E-state index contributed by atoms with van der Waals surface area (Å²) in [5, 5.41) is 19.3. The average molecular weight is 243 g/mol. The smallest absolute Gasteiger partial charge is 0.0950 e. The lowest BCUT2D eigenvalue weighted by atomic mass is 9.93. The highest BCUT2D eigenvalue weighted by Gasteiger charge is 2.28. The highest BCUT2D eigenvalue weighted by atomic mass is 16.3. The first-order valence-electron chi connectivity index (χ1n) is 6.33. The molecule has 0 atom stereocenters. The van der Waals surface area contributed by atoms with Gasteiger partial charge in [-0.1, -0.05) is 18.2 Å². The molecule has 1 aromatic heterocycles. The van der Waals surface area contributed by atoms with Crippen LogP contribution in [0.4, 0.5) is 5.69 Å². The Hall–Kier alpha value is -1.68. The first kappa shape index (κ1) is 11.4. The highest BCUT2D eigenvalue weighted by Crippen LogP contribution is 2.29. The van der Waals surface area contributed by atoms with Crippen LogP contribution in [0, 0.1) is 0 Å². The molecule has 0 spiro atoms. The Morgan fingerprint density at radius 3 is 2.72 bits per heavy atom. The molecular weight excluding hydrogens is 226 g/mol. The number of aromatic nitrogens is 2. The van der Waals surface area contributed by atoms with E-state index in [1.807, 2.05) is 31.3 Å². The topological polar surface area (TPSA) is 49.2 Å². The van der Waals surface area contributed by atoms with E-state index in [0.29, 0.717) is 0 Å². The van der Waals surface area contributed by atoms with Gasteiger partial charge in [0.15, 0.2) is 0 Å². The summed E-state index contributed by atoms with van der Waals surface area (Å²) < 4.78 is 0. The Morgan fingerprint density at radius 1 is 1.22 bits per heavy atom. The minimum atomic E-state index is -0.521. The van der Waals surface area contributed by atoms with Crippen LogP contribution >= 0.6 is 0 Å². The zero-order valence-corrected chi connectivity index (χ0v) is 10.5. The summed E-state index contributed by atoms with van der Waals surface area (Å²) in [4.78, 5) is 2.29. The molecule has 1 aromatic carbocycles. The van der Waals surface area contributed by atoms with Crippen LogP contribution in [-0.2, 0) is 0 Å². The van der Waals surface area contributed by atoms with E-state index in [0.717, 1.165) is 42.5 Å². The third-order valence-corrected chi connectivity index (χ3v) is 3.71. The van der Waals surface area contributed by atoms with Crippen LogP contribution in [0.2, 0.25) is 0 Å². The number of aliphatic hydroxyl groups is 1. The second-order valence-electron chi connectivity index (χ2n) is 5.23.